The van der Waals surface area contributed by atoms with E-state index in [-0.39, 0.29) is 6.61 Å². The van der Waals surface area contributed by atoms with Crippen LogP contribution in [0.3, 0.4) is 0 Å². The Morgan fingerprint density at radius 1 is 1.41 bits per heavy atom. The maximum Gasteiger partial charge on any atom is 0.179 e. The molecule has 0 aromatic heterocycles. The van der Waals surface area contributed by atoms with Gasteiger partial charge < -0.3 is 19.9 Å². The highest BCUT2D eigenvalue weighted by molar-refractivity contribution is 6.32. The number of methoxy groups -OCH3 is 1. The van der Waals surface area contributed by atoms with E-state index in [1.165, 1.54) is 0 Å². The summed E-state index contributed by atoms with van der Waals surface area (Å²) in [5.74, 6) is 1.20. The zero-order valence-electron chi connectivity index (χ0n) is 10.1. The van der Waals surface area contributed by atoms with Gasteiger partial charge in [-0.1, -0.05) is 11.6 Å². The van der Waals surface area contributed by atoms with Gasteiger partial charge in [0.2, 0.25) is 0 Å². The molecule has 0 aliphatic carbocycles. The summed E-state index contributed by atoms with van der Waals surface area (Å²) in [6.07, 6.45) is 0. The van der Waals surface area contributed by atoms with Gasteiger partial charge in [0.1, 0.15) is 0 Å². The summed E-state index contributed by atoms with van der Waals surface area (Å²) in [5.41, 5.74) is 0.990. The van der Waals surface area contributed by atoms with Gasteiger partial charge in [-0.3, -0.25) is 0 Å². The standard InChI is InChI=1S/C12H18ClNO3/c1-3-17-12-10(13)6-9(7-11(12)16-2)8-14-4-5-15/h6-7,14-15H,3-5,8H2,1-2H3. The fourth-order valence-electron chi connectivity index (χ4n) is 1.47. The van der Waals surface area contributed by atoms with Crippen molar-refractivity contribution in [2.45, 2.75) is 13.5 Å². The Bertz CT molecular complexity index is 358. The molecule has 2 N–H and O–H groups in total. The number of benzene rings is 1. The molecule has 0 aliphatic heterocycles. The van der Waals surface area contributed by atoms with Gasteiger partial charge in [-0.05, 0) is 24.6 Å². The zero-order chi connectivity index (χ0) is 12.7. The normalized spacial score (nSPS) is 10.4. The topological polar surface area (TPSA) is 50.7 Å². The van der Waals surface area contributed by atoms with E-state index in [1.54, 1.807) is 7.11 Å². The van der Waals surface area contributed by atoms with Crippen molar-refractivity contribution in [3.05, 3.63) is 22.7 Å². The van der Waals surface area contributed by atoms with Gasteiger partial charge in [-0.15, -0.1) is 0 Å². The number of rotatable bonds is 7. The van der Waals surface area contributed by atoms with Crippen LogP contribution in [0, 0.1) is 0 Å². The van der Waals surface area contributed by atoms with Gasteiger partial charge in [0.05, 0.1) is 25.3 Å². The van der Waals surface area contributed by atoms with Crippen LogP contribution < -0.4 is 14.8 Å². The molecule has 0 fully saturated rings. The number of nitrogens with one attached hydrogen (secondary N) is 1. The summed E-state index contributed by atoms with van der Waals surface area (Å²) >= 11 is 6.12. The molecular formula is C12H18ClNO3. The quantitative estimate of drug-likeness (QED) is 0.734. The molecule has 0 spiro atoms. The second-order valence-electron chi connectivity index (χ2n) is 3.44. The zero-order valence-corrected chi connectivity index (χ0v) is 10.9. The number of hydrogen-bond donors (Lipinski definition) is 2. The van der Waals surface area contributed by atoms with Crippen LogP contribution in [0.1, 0.15) is 12.5 Å². The lowest BCUT2D eigenvalue weighted by Crippen LogP contribution is -2.17. The molecule has 1 aromatic carbocycles. The van der Waals surface area contributed by atoms with Crippen molar-refractivity contribution in [2.24, 2.45) is 0 Å². The van der Waals surface area contributed by atoms with Crippen molar-refractivity contribution in [3.63, 3.8) is 0 Å². The lowest BCUT2D eigenvalue weighted by molar-refractivity contribution is 0.291. The minimum atomic E-state index is 0.113. The molecular weight excluding hydrogens is 242 g/mol. The molecule has 0 saturated carbocycles. The Morgan fingerprint density at radius 2 is 2.18 bits per heavy atom. The number of aliphatic hydroxyl groups is 1. The van der Waals surface area contributed by atoms with Crippen molar-refractivity contribution >= 4 is 11.6 Å². The number of halogens is 1. The number of aliphatic hydroxyl groups excluding tert-OH is 1. The van der Waals surface area contributed by atoms with Crippen molar-refractivity contribution in [2.75, 3.05) is 26.9 Å². The first kappa shape index (κ1) is 14.1. The van der Waals surface area contributed by atoms with Crippen LogP contribution in [-0.4, -0.2) is 32.0 Å². The predicted octanol–water partition coefficient (Wildman–Crippen LogP) is 1.83. The van der Waals surface area contributed by atoms with Crippen molar-refractivity contribution in [1.82, 2.24) is 5.32 Å². The third kappa shape index (κ3) is 4.07. The van der Waals surface area contributed by atoms with E-state index in [0.717, 1.165) is 5.56 Å². The molecule has 4 nitrogen and oxygen atoms in total. The van der Waals surface area contributed by atoms with E-state index in [9.17, 15) is 0 Å². The highest BCUT2D eigenvalue weighted by atomic mass is 35.5. The summed E-state index contributed by atoms with van der Waals surface area (Å²) in [6, 6.07) is 3.71. The number of ether oxygens (including phenoxy) is 2. The average Bonchev–Trinajstić information content (AvgIpc) is 2.32. The minimum Gasteiger partial charge on any atom is -0.493 e. The smallest absolute Gasteiger partial charge is 0.179 e. The molecule has 0 atom stereocenters. The van der Waals surface area contributed by atoms with Gasteiger partial charge in [-0.25, -0.2) is 0 Å². The predicted molar refractivity (Wildman–Crippen MR) is 68.0 cm³/mol. The molecule has 0 heterocycles. The maximum atomic E-state index is 8.68. The van der Waals surface area contributed by atoms with Crippen molar-refractivity contribution in [3.8, 4) is 11.5 Å². The Morgan fingerprint density at radius 3 is 2.76 bits per heavy atom. The third-order valence-electron chi connectivity index (χ3n) is 2.20. The van der Waals surface area contributed by atoms with Crippen LogP contribution in [0.2, 0.25) is 5.02 Å². The Balaban J connectivity index is 2.84. The van der Waals surface area contributed by atoms with Crippen LogP contribution in [0.5, 0.6) is 11.5 Å². The third-order valence-corrected chi connectivity index (χ3v) is 2.48. The van der Waals surface area contributed by atoms with Crippen LogP contribution in [0.25, 0.3) is 0 Å². The molecule has 0 bridgehead atoms. The largest absolute Gasteiger partial charge is 0.493 e. The first-order chi connectivity index (χ1) is 8.22. The highest BCUT2D eigenvalue weighted by Gasteiger charge is 2.11. The minimum absolute atomic E-state index is 0.113. The van der Waals surface area contributed by atoms with Crippen LogP contribution in [0.4, 0.5) is 0 Å². The SMILES string of the molecule is CCOc1c(Cl)cc(CNCCO)cc1OC. The molecule has 0 amide bonds. The summed E-state index contributed by atoms with van der Waals surface area (Å²) in [7, 11) is 1.58. The van der Waals surface area contributed by atoms with Crippen molar-refractivity contribution < 1.29 is 14.6 Å². The number of hydrogen-bond acceptors (Lipinski definition) is 4. The van der Waals surface area contributed by atoms with E-state index in [4.69, 9.17) is 26.2 Å². The first-order valence-corrected chi connectivity index (χ1v) is 5.91. The van der Waals surface area contributed by atoms with E-state index in [1.807, 2.05) is 19.1 Å². The van der Waals surface area contributed by atoms with Gasteiger partial charge in [-0.2, -0.15) is 0 Å². The second kappa shape index (κ2) is 7.37. The molecule has 1 aromatic rings. The Labute approximate surface area is 106 Å². The van der Waals surface area contributed by atoms with Gasteiger partial charge >= 0.3 is 0 Å². The monoisotopic (exact) mass is 259 g/mol. The van der Waals surface area contributed by atoms with Crippen LogP contribution >= 0.6 is 11.6 Å². The molecule has 96 valence electrons. The van der Waals surface area contributed by atoms with E-state index >= 15 is 0 Å². The van der Waals surface area contributed by atoms with Crippen LogP contribution in [0.15, 0.2) is 12.1 Å². The fraction of sp³-hybridized carbons (Fsp3) is 0.500. The second-order valence-corrected chi connectivity index (χ2v) is 3.85. The summed E-state index contributed by atoms with van der Waals surface area (Å²) in [5, 5.41) is 12.3. The molecule has 17 heavy (non-hydrogen) atoms. The van der Waals surface area contributed by atoms with Gasteiger partial charge in [0.25, 0.3) is 0 Å². The molecule has 0 aliphatic rings. The maximum absolute atomic E-state index is 8.68. The van der Waals surface area contributed by atoms with E-state index < -0.39 is 0 Å². The van der Waals surface area contributed by atoms with Crippen molar-refractivity contribution in [1.29, 1.82) is 0 Å². The van der Waals surface area contributed by atoms with Gasteiger partial charge in [0.15, 0.2) is 11.5 Å². The molecule has 5 heteroatoms. The Hall–Kier alpha value is -0.970. The fourth-order valence-corrected chi connectivity index (χ4v) is 1.76. The molecule has 1 rings (SSSR count). The molecule has 0 radical (unpaired) electrons. The molecule has 0 unspecified atom stereocenters. The lowest BCUT2D eigenvalue weighted by Gasteiger charge is -2.13. The highest BCUT2D eigenvalue weighted by Crippen LogP contribution is 2.36. The summed E-state index contributed by atoms with van der Waals surface area (Å²) < 4.78 is 10.7. The van der Waals surface area contributed by atoms with E-state index in [2.05, 4.69) is 5.32 Å². The Kier molecular flexibility index (Phi) is 6.11. The average molecular weight is 260 g/mol. The lowest BCUT2D eigenvalue weighted by atomic mass is 10.2. The first-order valence-electron chi connectivity index (χ1n) is 5.53. The molecule has 0 saturated heterocycles. The van der Waals surface area contributed by atoms with E-state index in [0.29, 0.717) is 36.2 Å². The van der Waals surface area contributed by atoms with Crippen LogP contribution in [-0.2, 0) is 6.54 Å². The van der Waals surface area contributed by atoms with Gasteiger partial charge in [0, 0.05) is 13.1 Å². The summed E-state index contributed by atoms with van der Waals surface area (Å²) in [4.78, 5) is 0. The summed E-state index contributed by atoms with van der Waals surface area (Å²) in [6.45, 7) is 3.72.